The highest BCUT2D eigenvalue weighted by Crippen LogP contribution is 2.71. The summed E-state index contributed by atoms with van der Waals surface area (Å²) in [5, 5.41) is 31.0. The molecule has 1 aromatic heterocycles. The smallest absolute Gasteiger partial charge is 0.335 e. The first kappa shape index (κ1) is 24.6. The topological polar surface area (TPSA) is 112 Å². The van der Waals surface area contributed by atoms with Crippen molar-refractivity contribution in [2.24, 2.45) is 22.7 Å². The lowest BCUT2D eigenvalue weighted by molar-refractivity contribution is -0.247. The summed E-state index contributed by atoms with van der Waals surface area (Å²) in [6.45, 7) is 5.39. The van der Waals surface area contributed by atoms with Crippen molar-refractivity contribution in [2.75, 3.05) is 6.54 Å². The normalized spacial score (nSPS) is 48.1. The van der Waals surface area contributed by atoms with Gasteiger partial charge >= 0.3 is 5.63 Å². The van der Waals surface area contributed by atoms with Crippen molar-refractivity contribution < 1.29 is 19.4 Å². The van der Waals surface area contributed by atoms with Crippen LogP contribution >= 0.6 is 0 Å². The molecular formula is C29H42N2O5. The predicted molar refractivity (Wildman–Crippen MR) is 135 cm³/mol. The molecule has 4 N–H and O–H groups in total. The standard InChI is InChI=1S/C29H42N2O5/c1-26-11-7-19(31-25(33)23-4-3-15-30-23)16-28(26,34)13-9-22-21(26)8-12-27(2)20(10-14-29(22,27)35)18-5-6-24(32)36-17-18/h5-6,17,19-23,30,34-35H,3-4,7-16H2,1-2H3,(H,31,33). The Morgan fingerprint density at radius 3 is 2.50 bits per heavy atom. The summed E-state index contributed by atoms with van der Waals surface area (Å²) in [6, 6.07) is 3.28. The molecule has 0 spiro atoms. The minimum Gasteiger partial charge on any atom is -0.431 e. The van der Waals surface area contributed by atoms with Gasteiger partial charge in [0.15, 0.2) is 0 Å². The lowest BCUT2D eigenvalue weighted by Gasteiger charge is -2.66. The first-order valence-corrected chi connectivity index (χ1v) is 14.2. The Labute approximate surface area is 213 Å². The van der Waals surface area contributed by atoms with Gasteiger partial charge in [-0.05, 0) is 112 Å². The van der Waals surface area contributed by atoms with Gasteiger partial charge in [-0.1, -0.05) is 13.8 Å². The van der Waals surface area contributed by atoms with Crippen LogP contribution in [0.2, 0.25) is 0 Å². The van der Waals surface area contributed by atoms with Crippen molar-refractivity contribution in [1.29, 1.82) is 0 Å². The van der Waals surface area contributed by atoms with Crippen molar-refractivity contribution in [1.82, 2.24) is 10.6 Å². The monoisotopic (exact) mass is 498 g/mol. The van der Waals surface area contributed by atoms with Gasteiger partial charge in [0.2, 0.25) is 5.91 Å². The summed E-state index contributed by atoms with van der Waals surface area (Å²) in [6.07, 6.45) is 10.9. The summed E-state index contributed by atoms with van der Waals surface area (Å²) in [5.41, 5.74) is -1.49. The molecule has 198 valence electrons. The molecule has 7 heteroatoms. The van der Waals surface area contributed by atoms with E-state index in [2.05, 4.69) is 24.5 Å². The Morgan fingerprint density at radius 2 is 1.78 bits per heavy atom. The minimum absolute atomic E-state index is 0.00932. The summed E-state index contributed by atoms with van der Waals surface area (Å²) in [4.78, 5) is 24.3. The van der Waals surface area contributed by atoms with Crippen LogP contribution in [0.15, 0.2) is 27.6 Å². The molecule has 9 unspecified atom stereocenters. The van der Waals surface area contributed by atoms with Crippen LogP contribution in [-0.4, -0.2) is 46.0 Å². The van der Waals surface area contributed by atoms with Gasteiger partial charge in [-0.15, -0.1) is 0 Å². The first-order chi connectivity index (χ1) is 17.1. The molecule has 5 fully saturated rings. The fraction of sp³-hybridized carbons (Fsp3) is 0.793. The first-order valence-electron chi connectivity index (χ1n) is 14.2. The molecule has 2 heterocycles. The van der Waals surface area contributed by atoms with Crippen LogP contribution in [0.3, 0.4) is 0 Å². The van der Waals surface area contributed by atoms with Crippen molar-refractivity contribution in [3.05, 3.63) is 34.4 Å². The van der Waals surface area contributed by atoms with Crippen LogP contribution in [0.1, 0.15) is 96.0 Å². The average Bonchev–Trinajstić information content (AvgIpc) is 3.47. The van der Waals surface area contributed by atoms with Crippen LogP contribution in [0.5, 0.6) is 0 Å². The van der Waals surface area contributed by atoms with Crippen LogP contribution in [-0.2, 0) is 4.79 Å². The minimum atomic E-state index is -0.821. The van der Waals surface area contributed by atoms with E-state index in [0.717, 1.165) is 69.9 Å². The Hall–Kier alpha value is -1.70. The number of carbonyl (C=O) groups excluding carboxylic acids is 1. The molecule has 1 saturated heterocycles. The third-order valence-corrected chi connectivity index (χ3v) is 11.8. The lowest BCUT2D eigenvalue weighted by Crippen LogP contribution is -2.68. The van der Waals surface area contributed by atoms with Crippen LogP contribution in [0.4, 0.5) is 0 Å². The molecule has 0 radical (unpaired) electrons. The molecule has 4 aliphatic carbocycles. The zero-order valence-electron chi connectivity index (χ0n) is 21.7. The van der Waals surface area contributed by atoms with Gasteiger partial charge in [0.25, 0.3) is 0 Å². The zero-order valence-corrected chi connectivity index (χ0v) is 21.7. The molecule has 0 aromatic carbocycles. The number of nitrogens with one attached hydrogen (secondary N) is 2. The number of hydrogen-bond donors (Lipinski definition) is 4. The maximum Gasteiger partial charge on any atom is 0.335 e. The zero-order chi connectivity index (χ0) is 25.3. The van der Waals surface area contributed by atoms with Gasteiger partial charge in [0.05, 0.1) is 23.5 Å². The fourth-order valence-electron chi connectivity index (χ4n) is 9.66. The Bertz CT molecular complexity index is 1060. The quantitative estimate of drug-likeness (QED) is 0.509. The number of rotatable bonds is 3. The van der Waals surface area contributed by atoms with E-state index in [-0.39, 0.29) is 52.2 Å². The summed E-state index contributed by atoms with van der Waals surface area (Å²) in [7, 11) is 0. The maximum absolute atomic E-state index is 12.7. The highest BCUT2D eigenvalue weighted by atomic mass is 16.4. The van der Waals surface area contributed by atoms with Crippen molar-refractivity contribution >= 4 is 5.91 Å². The molecule has 0 bridgehead atoms. The largest absolute Gasteiger partial charge is 0.431 e. The third kappa shape index (κ3) is 3.41. The van der Waals surface area contributed by atoms with Crippen molar-refractivity contribution in [3.63, 3.8) is 0 Å². The predicted octanol–water partition coefficient (Wildman–Crippen LogP) is 3.23. The number of amides is 1. The molecule has 36 heavy (non-hydrogen) atoms. The van der Waals surface area contributed by atoms with E-state index in [1.165, 1.54) is 6.07 Å². The number of fused-ring (bicyclic) bond motifs is 5. The molecule has 1 aromatic rings. The van der Waals surface area contributed by atoms with Gasteiger partial charge < -0.3 is 25.3 Å². The highest BCUT2D eigenvalue weighted by molar-refractivity contribution is 5.82. The van der Waals surface area contributed by atoms with E-state index in [1.807, 2.05) is 6.07 Å². The summed E-state index contributed by atoms with van der Waals surface area (Å²) < 4.78 is 5.20. The Morgan fingerprint density at radius 1 is 1.00 bits per heavy atom. The summed E-state index contributed by atoms with van der Waals surface area (Å²) >= 11 is 0. The van der Waals surface area contributed by atoms with Gasteiger partial charge in [0.1, 0.15) is 0 Å². The van der Waals surface area contributed by atoms with Crippen molar-refractivity contribution in [2.45, 2.75) is 114 Å². The van der Waals surface area contributed by atoms with Crippen molar-refractivity contribution in [3.8, 4) is 0 Å². The lowest BCUT2D eigenvalue weighted by atomic mass is 9.42. The molecule has 4 saturated carbocycles. The van der Waals surface area contributed by atoms with E-state index in [9.17, 15) is 19.8 Å². The number of carbonyl (C=O) groups is 1. The second kappa shape index (κ2) is 8.40. The van der Waals surface area contributed by atoms with E-state index >= 15 is 0 Å². The molecule has 7 nitrogen and oxygen atoms in total. The third-order valence-electron chi connectivity index (χ3n) is 11.8. The SMILES string of the molecule is CC12CCC(NC(=O)C3CCCN3)CC1(O)CCC1C2CCC2(C)C(c3ccc(=O)oc3)CCC12O. The average molecular weight is 499 g/mol. The van der Waals surface area contributed by atoms with E-state index in [4.69, 9.17) is 4.42 Å². The Balaban J connectivity index is 1.22. The maximum atomic E-state index is 12.7. The molecule has 1 aliphatic heterocycles. The summed E-state index contributed by atoms with van der Waals surface area (Å²) in [5.74, 6) is 0.650. The molecular weight excluding hydrogens is 456 g/mol. The van der Waals surface area contributed by atoms with E-state index in [1.54, 1.807) is 6.26 Å². The van der Waals surface area contributed by atoms with Crippen LogP contribution in [0, 0.1) is 22.7 Å². The fourth-order valence-corrected chi connectivity index (χ4v) is 9.66. The highest BCUT2D eigenvalue weighted by Gasteiger charge is 2.70. The second-order valence-electron chi connectivity index (χ2n) is 13.2. The number of aliphatic hydroxyl groups is 2. The van der Waals surface area contributed by atoms with Crippen LogP contribution < -0.4 is 16.3 Å². The molecule has 6 rings (SSSR count). The van der Waals surface area contributed by atoms with Gasteiger partial charge in [-0.2, -0.15) is 0 Å². The molecule has 5 aliphatic rings. The Kier molecular flexibility index (Phi) is 5.75. The van der Waals surface area contributed by atoms with E-state index < -0.39 is 11.2 Å². The molecule has 1 amide bonds. The van der Waals surface area contributed by atoms with Crippen LogP contribution in [0.25, 0.3) is 0 Å². The van der Waals surface area contributed by atoms with E-state index in [0.29, 0.717) is 12.8 Å². The van der Waals surface area contributed by atoms with Gasteiger partial charge in [0, 0.05) is 17.5 Å². The van der Waals surface area contributed by atoms with Gasteiger partial charge in [-0.25, -0.2) is 4.79 Å². The second-order valence-corrected chi connectivity index (χ2v) is 13.2. The number of hydrogen-bond acceptors (Lipinski definition) is 6. The molecule has 9 atom stereocenters. The van der Waals surface area contributed by atoms with Gasteiger partial charge in [-0.3, -0.25) is 4.79 Å².